The lowest BCUT2D eigenvalue weighted by molar-refractivity contribution is -0.119. The largest absolute Gasteiger partial charge is 0.452 e. The second-order valence-electron chi connectivity index (χ2n) is 6.60. The Morgan fingerprint density at radius 1 is 1.07 bits per heavy atom. The van der Waals surface area contributed by atoms with Crippen molar-refractivity contribution in [2.75, 3.05) is 11.9 Å². The minimum atomic E-state index is -0.541. The van der Waals surface area contributed by atoms with E-state index in [1.165, 1.54) is 11.8 Å². The summed E-state index contributed by atoms with van der Waals surface area (Å²) in [6.07, 6.45) is 0. The number of para-hydroxylation sites is 1. The molecule has 0 unspecified atom stereocenters. The predicted octanol–water partition coefficient (Wildman–Crippen LogP) is 4.69. The van der Waals surface area contributed by atoms with E-state index in [2.05, 4.69) is 10.5 Å². The Balaban J connectivity index is 1.60. The molecule has 2 aromatic carbocycles. The highest BCUT2D eigenvalue weighted by Crippen LogP contribution is 2.27. The van der Waals surface area contributed by atoms with Crippen LogP contribution in [-0.4, -0.2) is 23.6 Å². The van der Waals surface area contributed by atoms with E-state index in [-0.39, 0.29) is 12.5 Å². The second-order valence-corrected chi connectivity index (χ2v) is 7.62. The predicted molar refractivity (Wildman–Crippen MR) is 112 cm³/mol. The number of ether oxygens (including phenoxy) is 1. The first-order chi connectivity index (χ1) is 13.9. The van der Waals surface area contributed by atoms with Crippen LogP contribution >= 0.6 is 11.8 Å². The number of aromatic nitrogens is 1. The van der Waals surface area contributed by atoms with Gasteiger partial charge in [0.15, 0.2) is 6.61 Å². The molecule has 0 saturated carbocycles. The molecule has 0 atom stereocenters. The molecular formula is C22H22N2O4S. The monoisotopic (exact) mass is 410 g/mol. The van der Waals surface area contributed by atoms with Crippen LogP contribution in [0.2, 0.25) is 0 Å². The summed E-state index contributed by atoms with van der Waals surface area (Å²) in [5, 5.41) is 6.76. The van der Waals surface area contributed by atoms with Gasteiger partial charge < -0.3 is 14.6 Å². The Labute approximate surface area is 173 Å². The van der Waals surface area contributed by atoms with Crippen molar-refractivity contribution in [1.29, 1.82) is 0 Å². The van der Waals surface area contributed by atoms with Crippen LogP contribution in [0.25, 0.3) is 0 Å². The quantitative estimate of drug-likeness (QED) is 0.450. The fourth-order valence-electron chi connectivity index (χ4n) is 2.79. The number of nitrogens with zero attached hydrogens (tertiary/aromatic N) is 1. The number of benzene rings is 2. The van der Waals surface area contributed by atoms with E-state index in [0.717, 1.165) is 33.2 Å². The van der Waals surface area contributed by atoms with Crippen molar-refractivity contribution < 1.29 is 18.8 Å². The molecule has 3 rings (SSSR count). The van der Waals surface area contributed by atoms with Gasteiger partial charge in [-0.15, -0.1) is 11.8 Å². The summed E-state index contributed by atoms with van der Waals surface area (Å²) >= 11 is 1.46. The molecule has 1 heterocycles. The normalized spacial score (nSPS) is 10.6. The number of thioether (sulfide) groups is 1. The van der Waals surface area contributed by atoms with Crippen LogP contribution in [0.1, 0.15) is 32.9 Å². The van der Waals surface area contributed by atoms with Gasteiger partial charge in [0, 0.05) is 22.4 Å². The molecular weight excluding hydrogens is 388 g/mol. The average Bonchev–Trinajstić information content (AvgIpc) is 3.13. The maximum atomic E-state index is 12.5. The molecule has 0 saturated heterocycles. The molecule has 29 heavy (non-hydrogen) atoms. The molecule has 1 N–H and O–H groups in total. The van der Waals surface area contributed by atoms with Gasteiger partial charge in [-0.05, 0) is 44.0 Å². The smallest absolute Gasteiger partial charge is 0.339 e. The lowest BCUT2D eigenvalue weighted by Gasteiger charge is -2.12. The zero-order valence-electron chi connectivity index (χ0n) is 16.5. The minimum absolute atomic E-state index is 0.353. The number of anilines is 1. The molecule has 0 aliphatic rings. The molecule has 0 aliphatic carbocycles. The van der Waals surface area contributed by atoms with Gasteiger partial charge in [-0.2, -0.15) is 0 Å². The third-order valence-corrected chi connectivity index (χ3v) is 5.35. The zero-order valence-corrected chi connectivity index (χ0v) is 17.3. The number of hydrogen-bond acceptors (Lipinski definition) is 6. The Kier molecular flexibility index (Phi) is 6.72. The van der Waals surface area contributed by atoms with Crippen LogP contribution in [0, 0.1) is 20.8 Å². The molecule has 0 spiro atoms. The molecule has 0 radical (unpaired) electrons. The number of carbonyl (C=O) groups excluding carboxylic acids is 2. The standard InChI is InChI=1S/C22H22N2O4S/c1-14-7-6-8-15(2)21(14)23-20(25)12-27-22(26)18-9-4-5-10-19(18)29-13-17-11-16(3)28-24-17/h4-11H,12-13H2,1-3H3,(H,23,25). The van der Waals surface area contributed by atoms with Gasteiger partial charge in [-0.3, -0.25) is 4.79 Å². The minimum Gasteiger partial charge on any atom is -0.452 e. The van der Waals surface area contributed by atoms with E-state index >= 15 is 0 Å². The lowest BCUT2D eigenvalue weighted by Crippen LogP contribution is -2.22. The number of carbonyl (C=O) groups is 2. The fourth-order valence-corrected chi connectivity index (χ4v) is 3.72. The van der Waals surface area contributed by atoms with E-state index in [1.807, 2.05) is 57.2 Å². The highest BCUT2D eigenvalue weighted by atomic mass is 32.2. The second kappa shape index (κ2) is 9.43. The Hall–Kier alpha value is -3.06. The summed E-state index contributed by atoms with van der Waals surface area (Å²) in [6.45, 7) is 5.31. The summed E-state index contributed by atoms with van der Waals surface area (Å²) in [7, 11) is 0. The van der Waals surface area contributed by atoms with Crippen molar-refractivity contribution >= 4 is 29.3 Å². The number of hydrogen-bond donors (Lipinski definition) is 1. The summed E-state index contributed by atoms with van der Waals surface area (Å²) in [6, 6.07) is 14.7. The molecule has 0 aliphatic heterocycles. The number of rotatable bonds is 7. The lowest BCUT2D eigenvalue weighted by atomic mass is 10.1. The van der Waals surface area contributed by atoms with Crippen LogP contribution in [0.4, 0.5) is 5.69 Å². The number of aryl methyl sites for hydroxylation is 3. The van der Waals surface area contributed by atoms with Crippen molar-refractivity contribution in [2.45, 2.75) is 31.4 Å². The maximum absolute atomic E-state index is 12.5. The summed E-state index contributed by atoms with van der Waals surface area (Å²) in [4.78, 5) is 25.5. The van der Waals surface area contributed by atoms with Crippen LogP contribution in [0.3, 0.4) is 0 Å². The van der Waals surface area contributed by atoms with Gasteiger partial charge in [0.1, 0.15) is 5.76 Å². The highest BCUT2D eigenvalue weighted by Gasteiger charge is 2.16. The molecule has 0 fully saturated rings. The first-order valence-corrected chi connectivity index (χ1v) is 10.1. The van der Waals surface area contributed by atoms with Crippen molar-refractivity contribution in [2.24, 2.45) is 0 Å². The Morgan fingerprint density at radius 2 is 1.79 bits per heavy atom. The van der Waals surface area contributed by atoms with E-state index in [0.29, 0.717) is 11.3 Å². The Bertz CT molecular complexity index is 1010. The SMILES string of the molecule is Cc1cc(CSc2ccccc2C(=O)OCC(=O)Nc2c(C)cccc2C)no1. The molecule has 0 bridgehead atoms. The van der Waals surface area contributed by atoms with Crippen LogP contribution in [0.5, 0.6) is 0 Å². The highest BCUT2D eigenvalue weighted by molar-refractivity contribution is 7.98. The van der Waals surface area contributed by atoms with Gasteiger partial charge in [0.2, 0.25) is 0 Å². The maximum Gasteiger partial charge on any atom is 0.339 e. The molecule has 1 aromatic heterocycles. The Morgan fingerprint density at radius 3 is 2.48 bits per heavy atom. The van der Waals surface area contributed by atoms with Crippen molar-refractivity contribution in [3.05, 3.63) is 76.7 Å². The van der Waals surface area contributed by atoms with Crippen LogP contribution in [-0.2, 0) is 15.3 Å². The van der Waals surface area contributed by atoms with Gasteiger partial charge in [-0.1, -0.05) is 35.5 Å². The van der Waals surface area contributed by atoms with Gasteiger partial charge in [0.05, 0.1) is 11.3 Å². The summed E-state index contributed by atoms with van der Waals surface area (Å²) in [5.41, 5.74) is 3.86. The van der Waals surface area contributed by atoms with Gasteiger partial charge in [-0.25, -0.2) is 4.79 Å². The van der Waals surface area contributed by atoms with Crippen molar-refractivity contribution in [3.63, 3.8) is 0 Å². The molecule has 7 heteroatoms. The topological polar surface area (TPSA) is 81.4 Å². The van der Waals surface area contributed by atoms with Crippen LogP contribution in [0.15, 0.2) is 57.9 Å². The summed E-state index contributed by atoms with van der Waals surface area (Å²) in [5.74, 6) is 0.387. The third kappa shape index (κ3) is 5.48. The average molecular weight is 410 g/mol. The van der Waals surface area contributed by atoms with E-state index in [1.54, 1.807) is 12.1 Å². The fraction of sp³-hybridized carbons (Fsp3) is 0.227. The van der Waals surface area contributed by atoms with E-state index in [9.17, 15) is 9.59 Å². The zero-order chi connectivity index (χ0) is 20.8. The number of nitrogens with one attached hydrogen (secondary N) is 1. The van der Waals surface area contributed by atoms with Gasteiger partial charge in [0.25, 0.3) is 5.91 Å². The van der Waals surface area contributed by atoms with Gasteiger partial charge >= 0.3 is 5.97 Å². The molecule has 150 valence electrons. The third-order valence-electron chi connectivity index (χ3n) is 4.24. The molecule has 6 nitrogen and oxygen atoms in total. The van der Waals surface area contributed by atoms with E-state index in [4.69, 9.17) is 9.26 Å². The number of esters is 1. The summed E-state index contributed by atoms with van der Waals surface area (Å²) < 4.78 is 10.3. The van der Waals surface area contributed by atoms with Crippen LogP contribution < -0.4 is 5.32 Å². The number of amides is 1. The molecule has 1 amide bonds. The first-order valence-electron chi connectivity index (χ1n) is 9.11. The van der Waals surface area contributed by atoms with E-state index < -0.39 is 5.97 Å². The van der Waals surface area contributed by atoms with Crippen molar-refractivity contribution in [1.82, 2.24) is 5.16 Å². The first kappa shape index (κ1) is 20.7. The van der Waals surface area contributed by atoms with Crippen molar-refractivity contribution in [3.8, 4) is 0 Å². The molecule has 3 aromatic rings.